The Bertz CT molecular complexity index is 442. The number of likely N-dealkylation sites (tertiary alicyclic amines) is 1. The molecule has 5 nitrogen and oxygen atoms in total. The van der Waals surface area contributed by atoms with Gasteiger partial charge in [-0.1, -0.05) is 12.8 Å². The fourth-order valence-electron chi connectivity index (χ4n) is 2.84. The topological polar surface area (TPSA) is 62.5 Å². The van der Waals surface area contributed by atoms with Crippen molar-refractivity contribution in [3.05, 3.63) is 10.6 Å². The molecule has 104 valence electrons. The second-order valence-electron chi connectivity index (χ2n) is 5.36. The Kier molecular flexibility index (Phi) is 3.70. The zero-order chi connectivity index (χ0) is 13.2. The number of fused-ring (bicyclic) bond motifs is 1. The van der Waals surface area contributed by atoms with E-state index in [1.54, 1.807) is 11.3 Å². The molecule has 0 aromatic carbocycles. The maximum Gasteiger partial charge on any atom is 0.236 e. The predicted molar refractivity (Wildman–Crippen MR) is 75.7 cm³/mol. The Balaban J connectivity index is 1.54. The minimum Gasteiger partial charge on any atom is -0.375 e. The lowest BCUT2D eigenvalue weighted by molar-refractivity contribution is -0.132. The van der Waals surface area contributed by atoms with Gasteiger partial charge in [0.1, 0.15) is 0 Å². The average Bonchev–Trinajstić information content (AvgIpc) is 2.76. The Morgan fingerprint density at radius 3 is 2.63 bits per heavy atom. The third kappa shape index (κ3) is 2.90. The number of nitrogens with two attached hydrogens (primary N) is 1. The highest BCUT2D eigenvalue weighted by atomic mass is 32.1. The van der Waals surface area contributed by atoms with E-state index < -0.39 is 0 Å². The monoisotopic (exact) mass is 280 g/mol. The molecule has 0 atom stereocenters. The molecule has 0 spiro atoms. The molecule has 6 heteroatoms. The average molecular weight is 280 g/mol. The number of nitrogen functional groups attached to an aromatic ring is 1. The van der Waals surface area contributed by atoms with Crippen molar-refractivity contribution in [1.29, 1.82) is 0 Å². The lowest BCUT2D eigenvalue weighted by atomic mass is 10.2. The summed E-state index contributed by atoms with van der Waals surface area (Å²) in [7, 11) is 0. The standard InChI is InChI=1S/C13H20N4OS/c14-13-15-10-7-16(8-11(10)19-13)9-12(18)17-5-3-1-2-4-6-17/h1-9H2,(H2,14,15). The number of aromatic nitrogens is 1. The highest BCUT2D eigenvalue weighted by molar-refractivity contribution is 7.15. The SMILES string of the molecule is Nc1nc2c(s1)CN(CC(=O)N1CCCCCC1)C2. The van der Waals surface area contributed by atoms with Gasteiger partial charge in [0.05, 0.1) is 12.2 Å². The largest absolute Gasteiger partial charge is 0.375 e. The van der Waals surface area contributed by atoms with Crippen LogP contribution in [0.2, 0.25) is 0 Å². The Labute approximate surface area is 117 Å². The summed E-state index contributed by atoms with van der Waals surface area (Å²) < 4.78 is 0. The van der Waals surface area contributed by atoms with E-state index in [4.69, 9.17) is 5.73 Å². The first-order valence-corrected chi connectivity index (χ1v) is 7.78. The summed E-state index contributed by atoms with van der Waals surface area (Å²) >= 11 is 1.55. The smallest absolute Gasteiger partial charge is 0.236 e. The molecular formula is C13H20N4OS. The molecule has 0 unspecified atom stereocenters. The van der Waals surface area contributed by atoms with Gasteiger partial charge in [0.2, 0.25) is 5.91 Å². The molecule has 3 rings (SSSR count). The minimum absolute atomic E-state index is 0.269. The number of carbonyl (C=O) groups is 1. The van der Waals surface area contributed by atoms with Crippen molar-refractivity contribution in [3.63, 3.8) is 0 Å². The lowest BCUT2D eigenvalue weighted by Gasteiger charge is -2.23. The summed E-state index contributed by atoms with van der Waals surface area (Å²) in [5.74, 6) is 0.269. The predicted octanol–water partition coefficient (Wildman–Crippen LogP) is 1.44. The zero-order valence-corrected chi connectivity index (χ0v) is 11.9. The molecule has 0 aliphatic carbocycles. The van der Waals surface area contributed by atoms with Crippen molar-refractivity contribution in [2.24, 2.45) is 0 Å². The molecule has 1 aromatic heterocycles. The minimum atomic E-state index is 0.269. The maximum absolute atomic E-state index is 12.3. The van der Waals surface area contributed by atoms with Gasteiger partial charge in [-0.3, -0.25) is 9.69 Å². The van der Waals surface area contributed by atoms with Crippen molar-refractivity contribution >= 4 is 22.4 Å². The van der Waals surface area contributed by atoms with Gasteiger partial charge in [-0.25, -0.2) is 4.98 Å². The van der Waals surface area contributed by atoms with E-state index in [9.17, 15) is 4.79 Å². The van der Waals surface area contributed by atoms with Crippen LogP contribution in [0.3, 0.4) is 0 Å². The summed E-state index contributed by atoms with van der Waals surface area (Å²) in [6.07, 6.45) is 4.82. The van der Waals surface area contributed by atoms with Crippen molar-refractivity contribution in [2.45, 2.75) is 38.8 Å². The normalized spacial score (nSPS) is 20.3. The molecule has 1 amide bonds. The van der Waals surface area contributed by atoms with E-state index in [-0.39, 0.29) is 5.91 Å². The molecule has 0 bridgehead atoms. The van der Waals surface area contributed by atoms with Crippen LogP contribution in [0.25, 0.3) is 0 Å². The van der Waals surface area contributed by atoms with Crippen molar-refractivity contribution in [2.75, 3.05) is 25.4 Å². The van der Waals surface area contributed by atoms with Crippen LogP contribution in [-0.2, 0) is 17.9 Å². The van der Waals surface area contributed by atoms with Gasteiger partial charge < -0.3 is 10.6 Å². The summed E-state index contributed by atoms with van der Waals surface area (Å²) in [4.78, 5) is 22.0. The lowest BCUT2D eigenvalue weighted by Crippen LogP contribution is -2.39. The first-order chi connectivity index (χ1) is 9.22. The van der Waals surface area contributed by atoms with E-state index in [0.29, 0.717) is 11.7 Å². The van der Waals surface area contributed by atoms with Crippen LogP contribution < -0.4 is 5.73 Å². The highest BCUT2D eigenvalue weighted by Crippen LogP contribution is 2.29. The van der Waals surface area contributed by atoms with Crippen LogP contribution >= 0.6 is 11.3 Å². The Morgan fingerprint density at radius 1 is 1.21 bits per heavy atom. The van der Waals surface area contributed by atoms with Gasteiger partial charge >= 0.3 is 0 Å². The molecule has 3 heterocycles. The molecule has 19 heavy (non-hydrogen) atoms. The van der Waals surface area contributed by atoms with Gasteiger partial charge in [0.15, 0.2) is 5.13 Å². The van der Waals surface area contributed by atoms with Crippen molar-refractivity contribution in [1.82, 2.24) is 14.8 Å². The van der Waals surface area contributed by atoms with E-state index in [1.165, 1.54) is 17.7 Å². The molecule has 0 saturated carbocycles. The first kappa shape index (κ1) is 12.9. The molecule has 2 N–H and O–H groups in total. The third-order valence-corrected chi connectivity index (χ3v) is 4.76. The first-order valence-electron chi connectivity index (χ1n) is 6.96. The molecular weight excluding hydrogens is 260 g/mol. The zero-order valence-electron chi connectivity index (χ0n) is 11.1. The van der Waals surface area contributed by atoms with Gasteiger partial charge in [0.25, 0.3) is 0 Å². The van der Waals surface area contributed by atoms with Crippen LogP contribution in [0.1, 0.15) is 36.3 Å². The number of hydrogen-bond acceptors (Lipinski definition) is 5. The van der Waals surface area contributed by atoms with E-state index in [2.05, 4.69) is 9.88 Å². The summed E-state index contributed by atoms with van der Waals surface area (Å²) in [6, 6.07) is 0. The van der Waals surface area contributed by atoms with Crippen LogP contribution in [-0.4, -0.2) is 40.3 Å². The number of hydrogen-bond donors (Lipinski definition) is 1. The summed E-state index contributed by atoms with van der Waals surface area (Å²) in [5, 5.41) is 0.642. The Hall–Kier alpha value is -1.14. The number of rotatable bonds is 2. The second-order valence-corrected chi connectivity index (χ2v) is 6.48. The van der Waals surface area contributed by atoms with Gasteiger partial charge in [-0.15, -0.1) is 11.3 Å². The molecule has 1 fully saturated rings. The van der Waals surface area contributed by atoms with Crippen LogP contribution in [0.15, 0.2) is 0 Å². The third-order valence-electron chi connectivity index (χ3n) is 3.85. The summed E-state index contributed by atoms with van der Waals surface area (Å²) in [6.45, 7) is 3.97. The number of anilines is 1. The fraction of sp³-hybridized carbons (Fsp3) is 0.692. The quantitative estimate of drug-likeness (QED) is 0.890. The molecule has 0 radical (unpaired) electrons. The van der Waals surface area contributed by atoms with Gasteiger partial charge in [-0.05, 0) is 12.8 Å². The number of thiazole rings is 1. The van der Waals surface area contributed by atoms with E-state index >= 15 is 0 Å². The van der Waals surface area contributed by atoms with Crippen molar-refractivity contribution in [3.8, 4) is 0 Å². The van der Waals surface area contributed by atoms with Crippen LogP contribution in [0.5, 0.6) is 0 Å². The van der Waals surface area contributed by atoms with E-state index in [0.717, 1.165) is 44.7 Å². The molecule has 2 aliphatic rings. The van der Waals surface area contributed by atoms with E-state index in [1.807, 2.05) is 4.90 Å². The van der Waals surface area contributed by atoms with Gasteiger partial charge in [0, 0.05) is 31.1 Å². The van der Waals surface area contributed by atoms with Crippen LogP contribution in [0.4, 0.5) is 5.13 Å². The molecule has 1 aromatic rings. The number of nitrogens with zero attached hydrogens (tertiary/aromatic N) is 3. The number of carbonyl (C=O) groups excluding carboxylic acids is 1. The fourth-order valence-corrected chi connectivity index (χ4v) is 3.73. The number of amides is 1. The van der Waals surface area contributed by atoms with Gasteiger partial charge in [-0.2, -0.15) is 0 Å². The van der Waals surface area contributed by atoms with Crippen molar-refractivity contribution < 1.29 is 4.79 Å². The molecule has 2 aliphatic heterocycles. The maximum atomic E-state index is 12.3. The van der Waals surface area contributed by atoms with Crippen LogP contribution in [0, 0.1) is 0 Å². The molecule has 1 saturated heterocycles. The highest BCUT2D eigenvalue weighted by Gasteiger charge is 2.26. The Morgan fingerprint density at radius 2 is 1.95 bits per heavy atom. The second kappa shape index (κ2) is 5.46. The summed E-state index contributed by atoms with van der Waals surface area (Å²) in [5.41, 5.74) is 6.74.